The van der Waals surface area contributed by atoms with E-state index in [2.05, 4.69) is 25.7 Å². The Bertz CT molecular complexity index is 1660. The van der Waals surface area contributed by atoms with Crippen LogP contribution in [0, 0.1) is 11.3 Å². The van der Waals surface area contributed by atoms with E-state index < -0.39 is 10.0 Å². The third-order valence-corrected chi connectivity index (χ3v) is 7.10. The van der Waals surface area contributed by atoms with E-state index in [1.165, 1.54) is 12.3 Å². The second-order valence-electron chi connectivity index (χ2n) is 7.90. The molecular weight excluding hydrogens is 448 g/mol. The molecule has 0 amide bonds. The Morgan fingerprint density at radius 1 is 1.03 bits per heavy atom. The highest BCUT2D eigenvalue weighted by atomic mass is 32.2. The molecule has 0 fully saturated rings. The van der Waals surface area contributed by atoms with Crippen molar-refractivity contribution in [1.82, 2.24) is 19.5 Å². The van der Waals surface area contributed by atoms with Crippen molar-refractivity contribution in [2.45, 2.75) is 17.7 Å². The number of nitriles is 1. The zero-order valence-electron chi connectivity index (χ0n) is 18.3. The second kappa shape index (κ2) is 8.57. The minimum absolute atomic E-state index is 0.110. The fourth-order valence-electron chi connectivity index (χ4n) is 3.90. The number of sulfonamides is 1. The summed E-state index contributed by atoms with van der Waals surface area (Å²) in [5, 5.41) is 9.69. The summed E-state index contributed by atoms with van der Waals surface area (Å²) in [6.07, 6.45) is 4.48. The number of aryl methyl sites for hydroxylation is 3. The summed E-state index contributed by atoms with van der Waals surface area (Å²) in [6.45, 7) is 0. The van der Waals surface area contributed by atoms with Gasteiger partial charge in [-0.3, -0.25) is 9.71 Å². The second-order valence-corrected chi connectivity index (χ2v) is 9.55. The van der Waals surface area contributed by atoms with Gasteiger partial charge in [0.15, 0.2) is 5.65 Å². The van der Waals surface area contributed by atoms with Gasteiger partial charge in [0.25, 0.3) is 10.0 Å². The maximum absolute atomic E-state index is 13.1. The van der Waals surface area contributed by atoms with Gasteiger partial charge in [-0.2, -0.15) is 5.26 Å². The van der Waals surface area contributed by atoms with Gasteiger partial charge in [0.05, 0.1) is 34.6 Å². The van der Waals surface area contributed by atoms with Gasteiger partial charge in [0, 0.05) is 25.1 Å². The number of hydrogen-bond acceptors (Lipinski definition) is 6. The van der Waals surface area contributed by atoms with Gasteiger partial charge in [-0.05, 0) is 42.3 Å². The number of para-hydroxylation sites is 1. The molecule has 0 saturated carbocycles. The zero-order chi connectivity index (χ0) is 23.7. The van der Waals surface area contributed by atoms with E-state index in [4.69, 9.17) is 5.26 Å². The molecule has 3 heterocycles. The van der Waals surface area contributed by atoms with Crippen molar-refractivity contribution in [1.29, 1.82) is 5.26 Å². The molecule has 5 rings (SSSR count). The number of anilines is 1. The Kier molecular flexibility index (Phi) is 5.43. The molecule has 9 heteroatoms. The third-order valence-electron chi connectivity index (χ3n) is 5.69. The summed E-state index contributed by atoms with van der Waals surface area (Å²) < 4.78 is 30.8. The van der Waals surface area contributed by atoms with Crippen molar-refractivity contribution < 1.29 is 8.42 Å². The molecule has 1 N–H and O–H groups in total. The molecule has 0 aliphatic rings. The summed E-state index contributed by atoms with van der Waals surface area (Å²) >= 11 is 0. The van der Waals surface area contributed by atoms with Crippen LogP contribution >= 0.6 is 0 Å². The number of benzene rings is 2. The molecular formula is C25H20N6O2S. The van der Waals surface area contributed by atoms with Gasteiger partial charge in [-0.25, -0.2) is 18.4 Å². The van der Waals surface area contributed by atoms with Crippen molar-refractivity contribution in [2.24, 2.45) is 7.05 Å². The molecule has 3 aromatic heterocycles. The van der Waals surface area contributed by atoms with E-state index in [1.807, 2.05) is 35.9 Å². The zero-order valence-corrected chi connectivity index (χ0v) is 19.1. The summed E-state index contributed by atoms with van der Waals surface area (Å²) in [4.78, 5) is 13.3. The molecule has 8 nitrogen and oxygen atoms in total. The first kappa shape index (κ1) is 21.6. The highest BCUT2D eigenvalue weighted by molar-refractivity contribution is 7.93. The Labute approximate surface area is 196 Å². The lowest BCUT2D eigenvalue weighted by Gasteiger charge is -2.10. The molecule has 5 aromatic rings. The number of fused-ring (bicyclic) bond motifs is 2. The van der Waals surface area contributed by atoms with Crippen LogP contribution in [0.15, 0.2) is 78.0 Å². The molecule has 0 radical (unpaired) electrons. The van der Waals surface area contributed by atoms with Crippen molar-refractivity contribution in [3.63, 3.8) is 0 Å². The van der Waals surface area contributed by atoms with Crippen molar-refractivity contribution in [3.05, 3.63) is 90.0 Å². The average Bonchev–Trinajstić information content (AvgIpc) is 3.17. The number of nitrogens with zero attached hydrogens (tertiary/aromatic N) is 5. The first-order valence-electron chi connectivity index (χ1n) is 10.6. The monoisotopic (exact) mass is 468 g/mol. The fourth-order valence-corrected chi connectivity index (χ4v) is 5.11. The average molecular weight is 469 g/mol. The number of hydrogen-bond donors (Lipinski definition) is 1. The number of rotatable bonds is 6. The lowest BCUT2D eigenvalue weighted by atomic mass is 10.1. The smallest absolute Gasteiger partial charge is 0.264 e. The lowest BCUT2D eigenvalue weighted by Crippen LogP contribution is -2.14. The SMILES string of the molecule is Cn1c(CCc2ccc(C#N)cc2)nc2ncc(NS(=O)(=O)c3cccc4cccnc34)cc21. The Hall–Kier alpha value is -4.29. The predicted molar refractivity (Wildman–Crippen MR) is 130 cm³/mol. The van der Waals surface area contributed by atoms with E-state index >= 15 is 0 Å². The van der Waals surface area contributed by atoms with Crippen LogP contribution in [0.25, 0.3) is 22.1 Å². The molecule has 0 bridgehead atoms. The van der Waals surface area contributed by atoms with Gasteiger partial charge < -0.3 is 4.57 Å². The maximum atomic E-state index is 13.1. The Morgan fingerprint density at radius 3 is 2.62 bits per heavy atom. The van der Waals surface area contributed by atoms with Crippen LogP contribution in [0.4, 0.5) is 5.69 Å². The summed E-state index contributed by atoms with van der Waals surface area (Å²) in [5.41, 5.74) is 3.78. The van der Waals surface area contributed by atoms with Gasteiger partial charge in [0.2, 0.25) is 0 Å². The molecule has 0 aliphatic heterocycles. The van der Waals surface area contributed by atoms with Crippen LogP contribution in [0.5, 0.6) is 0 Å². The van der Waals surface area contributed by atoms with Crippen LogP contribution in [0.2, 0.25) is 0 Å². The molecule has 168 valence electrons. The quantitative estimate of drug-likeness (QED) is 0.403. The van der Waals surface area contributed by atoms with E-state index in [1.54, 1.807) is 36.5 Å². The Balaban J connectivity index is 1.40. The van der Waals surface area contributed by atoms with Gasteiger partial charge in [0.1, 0.15) is 10.7 Å². The van der Waals surface area contributed by atoms with E-state index in [-0.39, 0.29) is 4.90 Å². The molecule has 34 heavy (non-hydrogen) atoms. The first-order chi connectivity index (χ1) is 16.4. The summed E-state index contributed by atoms with van der Waals surface area (Å²) in [7, 11) is -1.98. The lowest BCUT2D eigenvalue weighted by molar-refractivity contribution is 0.602. The largest absolute Gasteiger partial charge is 0.330 e. The highest BCUT2D eigenvalue weighted by Crippen LogP contribution is 2.25. The molecule has 0 saturated heterocycles. The van der Waals surface area contributed by atoms with Gasteiger partial charge in [-0.1, -0.05) is 30.3 Å². The highest BCUT2D eigenvalue weighted by Gasteiger charge is 2.19. The van der Waals surface area contributed by atoms with E-state index in [0.29, 0.717) is 28.8 Å². The van der Waals surface area contributed by atoms with Crippen LogP contribution < -0.4 is 4.72 Å². The molecule has 0 spiro atoms. The molecule has 0 atom stereocenters. The van der Waals surface area contributed by atoms with Crippen LogP contribution in [0.1, 0.15) is 17.0 Å². The first-order valence-corrected chi connectivity index (χ1v) is 12.1. The van der Waals surface area contributed by atoms with Crippen molar-refractivity contribution in [3.8, 4) is 6.07 Å². The van der Waals surface area contributed by atoms with Crippen LogP contribution in [0.3, 0.4) is 0 Å². The summed E-state index contributed by atoms with van der Waals surface area (Å²) in [6, 6.07) is 20.0. The van der Waals surface area contributed by atoms with Gasteiger partial charge >= 0.3 is 0 Å². The number of pyridine rings is 2. The third kappa shape index (κ3) is 4.07. The molecule has 2 aromatic carbocycles. The fraction of sp³-hybridized carbons (Fsp3) is 0.120. The maximum Gasteiger partial charge on any atom is 0.264 e. The van der Waals surface area contributed by atoms with Crippen LogP contribution in [-0.2, 0) is 29.9 Å². The molecule has 0 aliphatic carbocycles. The standard InChI is InChI=1S/C25H20N6O2S/c1-31-21-14-20(30-34(32,33)22-6-2-4-19-5-3-13-27-24(19)22)16-28-25(21)29-23(31)12-11-17-7-9-18(15-26)10-8-17/h2-10,13-14,16,30H,11-12H2,1H3. The van der Waals surface area contributed by atoms with Crippen molar-refractivity contribution in [2.75, 3.05) is 4.72 Å². The minimum atomic E-state index is -3.87. The van der Waals surface area contributed by atoms with E-state index in [9.17, 15) is 8.42 Å². The minimum Gasteiger partial charge on any atom is -0.330 e. The number of imidazole rings is 1. The number of nitrogens with one attached hydrogen (secondary N) is 1. The van der Waals surface area contributed by atoms with Gasteiger partial charge in [-0.15, -0.1) is 0 Å². The topological polar surface area (TPSA) is 114 Å². The predicted octanol–water partition coefficient (Wildman–Crippen LogP) is 3.97. The normalized spacial score (nSPS) is 11.5. The van der Waals surface area contributed by atoms with Crippen LogP contribution in [-0.4, -0.2) is 27.9 Å². The van der Waals surface area contributed by atoms with Crippen molar-refractivity contribution >= 4 is 37.8 Å². The summed E-state index contributed by atoms with van der Waals surface area (Å²) in [5.74, 6) is 0.838. The molecule has 0 unspecified atom stereocenters. The Morgan fingerprint density at radius 2 is 1.82 bits per heavy atom. The number of aromatic nitrogens is 4. The van der Waals surface area contributed by atoms with E-state index in [0.717, 1.165) is 28.7 Å².